The van der Waals surface area contributed by atoms with Crippen LogP contribution >= 0.6 is 0 Å². The zero-order valence-corrected chi connectivity index (χ0v) is 14.8. The minimum Gasteiger partial charge on any atom is -0.462 e. The maximum absolute atomic E-state index is 12.3. The van der Waals surface area contributed by atoms with Gasteiger partial charge in [0.25, 0.3) is 0 Å². The molecule has 0 fully saturated rings. The molecule has 5 heteroatoms. The van der Waals surface area contributed by atoms with Gasteiger partial charge in [-0.2, -0.15) is 0 Å². The lowest BCUT2D eigenvalue weighted by Gasteiger charge is -2.21. The van der Waals surface area contributed by atoms with Gasteiger partial charge in [0.1, 0.15) is 0 Å². The van der Waals surface area contributed by atoms with Crippen molar-refractivity contribution in [2.75, 3.05) is 6.61 Å². The smallest absolute Gasteiger partial charge is 0.338 e. The highest BCUT2D eigenvalue weighted by molar-refractivity contribution is 5.91. The molecule has 0 spiro atoms. The van der Waals surface area contributed by atoms with E-state index in [1.807, 2.05) is 53.1 Å². The fourth-order valence-corrected chi connectivity index (χ4v) is 2.85. The lowest BCUT2D eigenvalue weighted by atomic mass is 10.0. The van der Waals surface area contributed by atoms with Gasteiger partial charge >= 0.3 is 11.9 Å². The molecule has 3 rings (SSSR count). The summed E-state index contributed by atoms with van der Waals surface area (Å²) in [6, 6.07) is 16.8. The zero-order chi connectivity index (χ0) is 18.5. The molecular formula is C21H21NO4. The minimum absolute atomic E-state index is 0.274. The summed E-state index contributed by atoms with van der Waals surface area (Å²) < 4.78 is 12.8. The number of hydrogen-bond donors (Lipinski definition) is 0. The number of ether oxygens (including phenoxy) is 2. The Bertz CT molecular complexity index is 914. The van der Waals surface area contributed by atoms with E-state index >= 15 is 0 Å². The van der Waals surface area contributed by atoms with Gasteiger partial charge in [-0.05, 0) is 36.8 Å². The van der Waals surface area contributed by atoms with Gasteiger partial charge < -0.3 is 13.9 Å². The van der Waals surface area contributed by atoms with E-state index in [4.69, 9.17) is 9.47 Å². The first-order valence-corrected chi connectivity index (χ1v) is 8.66. The van der Waals surface area contributed by atoms with E-state index in [9.17, 15) is 9.59 Å². The number of rotatable bonds is 6. The number of benzene rings is 1. The molecule has 0 amide bonds. The third-order valence-electron chi connectivity index (χ3n) is 4.09. The number of pyridine rings is 1. The molecule has 26 heavy (non-hydrogen) atoms. The van der Waals surface area contributed by atoms with Crippen molar-refractivity contribution in [3.05, 3.63) is 77.6 Å². The molecule has 0 radical (unpaired) electrons. The van der Waals surface area contributed by atoms with Gasteiger partial charge in [0, 0.05) is 18.1 Å². The number of hydrogen-bond acceptors (Lipinski definition) is 4. The molecule has 134 valence electrons. The molecule has 1 unspecified atom stereocenters. The number of carbonyl (C=O) groups is 2. The summed E-state index contributed by atoms with van der Waals surface area (Å²) in [5.41, 5.74) is 2.80. The first-order chi connectivity index (χ1) is 12.6. The predicted octanol–water partition coefficient (Wildman–Crippen LogP) is 4.16. The van der Waals surface area contributed by atoms with Crippen LogP contribution in [0, 0.1) is 0 Å². The molecule has 0 aliphatic rings. The normalized spacial score (nSPS) is 11.9. The fourth-order valence-electron chi connectivity index (χ4n) is 2.85. The SMILES string of the molecule is CCOC(=O)c1cc(C(OC(=O)CC)c2ccccc2)n2cccc2c1. The zero-order valence-electron chi connectivity index (χ0n) is 14.8. The van der Waals surface area contributed by atoms with Crippen molar-refractivity contribution in [1.82, 2.24) is 4.40 Å². The van der Waals surface area contributed by atoms with Gasteiger partial charge in [0.15, 0.2) is 6.10 Å². The van der Waals surface area contributed by atoms with Crippen LogP contribution in [-0.2, 0) is 14.3 Å². The second-order valence-electron chi connectivity index (χ2n) is 5.83. The van der Waals surface area contributed by atoms with Crippen molar-refractivity contribution in [2.45, 2.75) is 26.4 Å². The number of carbonyl (C=O) groups excluding carboxylic acids is 2. The Labute approximate surface area is 152 Å². The van der Waals surface area contributed by atoms with Gasteiger partial charge in [0.05, 0.1) is 17.9 Å². The lowest BCUT2D eigenvalue weighted by Crippen LogP contribution is -2.16. The third-order valence-corrected chi connectivity index (χ3v) is 4.09. The molecule has 2 heterocycles. The van der Waals surface area contributed by atoms with Gasteiger partial charge in [-0.1, -0.05) is 37.3 Å². The number of aromatic nitrogens is 1. The van der Waals surface area contributed by atoms with Crippen LogP contribution in [0.2, 0.25) is 0 Å². The first-order valence-electron chi connectivity index (χ1n) is 8.66. The van der Waals surface area contributed by atoms with Crippen LogP contribution in [0.1, 0.15) is 48.0 Å². The van der Waals surface area contributed by atoms with E-state index in [-0.39, 0.29) is 12.4 Å². The molecule has 0 aliphatic carbocycles. The summed E-state index contributed by atoms with van der Waals surface area (Å²) in [7, 11) is 0. The Morgan fingerprint density at radius 3 is 2.50 bits per heavy atom. The maximum Gasteiger partial charge on any atom is 0.338 e. The largest absolute Gasteiger partial charge is 0.462 e. The number of fused-ring (bicyclic) bond motifs is 1. The van der Waals surface area contributed by atoms with Crippen LogP contribution < -0.4 is 0 Å². The van der Waals surface area contributed by atoms with E-state index < -0.39 is 12.1 Å². The predicted molar refractivity (Wildman–Crippen MR) is 98.0 cm³/mol. The van der Waals surface area contributed by atoms with Crippen molar-refractivity contribution in [3.63, 3.8) is 0 Å². The molecule has 0 saturated carbocycles. The average Bonchev–Trinajstić information content (AvgIpc) is 3.15. The van der Waals surface area contributed by atoms with E-state index in [0.29, 0.717) is 17.9 Å². The standard InChI is InChI=1S/C21H21NO4/c1-3-19(23)26-20(15-9-6-5-7-10-15)18-14-16(21(24)25-4-2)13-17-11-8-12-22(17)18/h5-14,20H,3-4H2,1-2H3. The molecule has 2 aromatic heterocycles. The van der Waals surface area contributed by atoms with E-state index in [1.165, 1.54) is 0 Å². The van der Waals surface area contributed by atoms with Crippen LogP contribution in [0.5, 0.6) is 0 Å². The fraction of sp³-hybridized carbons (Fsp3) is 0.238. The van der Waals surface area contributed by atoms with Crippen molar-refractivity contribution in [1.29, 1.82) is 0 Å². The third kappa shape index (κ3) is 3.61. The van der Waals surface area contributed by atoms with Crippen molar-refractivity contribution in [3.8, 4) is 0 Å². The summed E-state index contributed by atoms with van der Waals surface area (Å²) >= 11 is 0. The quantitative estimate of drug-likeness (QED) is 0.626. The Morgan fingerprint density at radius 1 is 1.04 bits per heavy atom. The molecule has 3 aromatic rings. The van der Waals surface area contributed by atoms with Crippen LogP contribution in [-0.4, -0.2) is 22.9 Å². The topological polar surface area (TPSA) is 57.0 Å². The highest BCUT2D eigenvalue weighted by Gasteiger charge is 2.23. The van der Waals surface area contributed by atoms with E-state index in [1.54, 1.807) is 26.0 Å². The Hall–Kier alpha value is -3.08. The Balaban J connectivity index is 2.15. The summed E-state index contributed by atoms with van der Waals surface area (Å²) in [6.07, 6.45) is 1.54. The van der Waals surface area contributed by atoms with Crippen LogP contribution in [0.3, 0.4) is 0 Å². The highest BCUT2D eigenvalue weighted by Crippen LogP contribution is 2.29. The highest BCUT2D eigenvalue weighted by atomic mass is 16.5. The molecule has 0 saturated heterocycles. The van der Waals surface area contributed by atoms with Crippen LogP contribution in [0.4, 0.5) is 0 Å². The maximum atomic E-state index is 12.3. The molecule has 0 aliphatic heterocycles. The van der Waals surface area contributed by atoms with Crippen molar-refractivity contribution < 1.29 is 19.1 Å². The first kappa shape index (κ1) is 17.7. The molecule has 5 nitrogen and oxygen atoms in total. The monoisotopic (exact) mass is 351 g/mol. The molecule has 1 atom stereocenters. The number of esters is 2. The summed E-state index contributed by atoms with van der Waals surface area (Å²) in [6.45, 7) is 3.82. The van der Waals surface area contributed by atoms with Crippen molar-refractivity contribution in [2.24, 2.45) is 0 Å². The second kappa shape index (κ2) is 7.87. The van der Waals surface area contributed by atoms with Gasteiger partial charge in [0.2, 0.25) is 0 Å². The van der Waals surface area contributed by atoms with E-state index in [2.05, 4.69) is 0 Å². The molecule has 0 N–H and O–H groups in total. The average molecular weight is 351 g/mol. The summed E-state index contributed by atoms with van der Waals surface area (Å²) in [4.78, 5) is 24.3. The Kier molecular flexibility index (Phi) is 5.37. The second-order valence-corrected chi connectivity index (χ2v) is 5.83. The lowest BCUT2D eigenvalue weighted by molar-refractivity contribution is -0.147. The summed E-state index contributed by atoms with van der Waals surface area (Å²) in [5, 5.41) is 0. The van der Waals surface area contributed by atoms with Crippen LogP contribution in [0.25, 0.3) is 5.52 Å². The van der Waals surface area contributed by atoms with Gasteiger partial charge in [-0.25, -0.2) is 4.79 Å². The molecule has 1 aromatic carbocycles. The number of nitrogens with zero attached hydrogens (tertiary/aromatic N) is 1. The summed E-state index contributed by atoms with van der Waals surface area (Å²) in [5.74, 6) is -0.702. The Morgan fingerprint density at radius 2 is 1.81 bits per heavy atom. The molecular weight excluding hydrogens is 330 g/mol. The van der Waals surface area contributed by atoms with Gasteiger partial charge in [-0.15, -0.1) is 0 Å². The van der Waals surface area contributed by atoms with E-state index in [0.717, 1.165) is 11.1 Å². The van der Waals surface area contributed by atoms with Gasteiger partial charge in [-0.3, -0.25) is 4.79 Å². The van der Waals surface area contributed by atoms with Crippen LogP contribution in [0.15, 0.2) is 60.8 Å². The van der Waals surface area contributed by atoms with Crippen molar-refractivity contribution >= 4 is 17.5 Å². The minimum atomic E-state index is -0.618. The molecule has 0 bridgehead atoms.